The zero-order valence-electron chi connectivity index (χ0n) is 7.98. The summed E-state index contributed by atoms with van der Waals surface area (Å²) in [6.45, 7) is 9.20. The van der Waals surface area contributed by atoms with Crippen LogP contribution in [-0.2, 0) is 0 Å². The van der Waals surface area contributed by atoms with Gasteiger partial charge in [0.25, 0.3) is 0 Å². The Morgan fingerprint density at radius 1 is 1.27 bits per heavy atom. The number of nitrogens with one attached hydrogen (secondary N) is 1. The lowest BCUT2D eigenvalue weighted by Gasteiger charge is -2.39. The first-order valence-electron chi connectivity index (χ1n) is 4.27. The minimum absolute atomic E-state index is 0. The zero-order chi connectivity index (χ0) is 7.78. The second-order valence-electron chi connectivity index (χ2n) is 4.47. The van der Waals surface area contributed by atoms with Crippen LogP contribution >= 0.6 is 12.4 Å². The fourth-order valence-electron chi connectivity index (χ4n) is 2.34. The van der Waals surface area contributed by atoms with Gasteiger partial charge < -0.3 is 5.32 Å². The molecule has 2 atom stereocenters. The van der Waals surface area contributed by atoms with Crippen LogP contribution in [0.25, 0.3) is 0 Å². The molecular formula is C9H20ClN. The van der Waals surface area contributed by atoms with Gasteiger partial charge in [-0.2, -0.15) is 0 Å². The van der Waals surface area contributed by atoms with Gasteiger partial charge in [-0.1, -0.05) is 6.92 Å². The smallest absolute Gasteiger partial charge is 0.0130 e. The molecular weight excluding hydrogens is 158 g/mol. The van der Waals surface area contributed by atoms with Crippen molar-refractivity contribution in [3.63, 3.8) is 0 Å². The van der Waals surface area contributed by atoms with E-state index in [1.54, 1.807) is 0 Å². The first-order valence-corrected chi connectivity index (χ1v) is 4.27. The van der Waals surface area contributed by atoms with E-state index in [0.29, 0.717) is 11.6 Å². The SMILES string of the molecule is CC1CC(C)NC(C)(C)C1.Cl. The average Bonchev–Trinajstić information content (AvgIpc) is 1.54. The van der Waals surface area contributed by atoms with Crippen LogP contribution < -0.4 is 5.32 Å². The van der Waals surface area contributed by atoms with Gasteiger partial charge >= 0.3 is 0 Å². The van der Waals surface area contributed by atoms with Crippen molar-refractivity contribution >= 4 is 12.4 Å². The molecule has 2 unspecified atom stereocenters. The number of hydrogen-bond acceptors (Lipinski definition) is 1. The summed E-state index contributed by atoms with van der Waals surface area (Å²) < 4.78 is 0. The van der Waals surface area contributed by atoms with Crippen LogP contribution in [0.15, 0.2) is 0 Å². The van der Waals surface area contributed by atoms with Crippen LogP contribution in [0.3, 0.4) is 0 Å². The highest BCUT2D eigenvalue weighted by molar-refractivity contribution is 5.85. The molecule has 0 aromatic heterocycles. The molecule has 0 spiro atoms. The molecule has 1 aliphatic heterocycles. The van der Waals surface area contributed by atoms with E-state index in [1.807, 2.05) is 0 Å². The lowest BCUT2D eigenvalue weighted by molar-refractivity contribution is 0.200. The highest BCUT2D eigenvalue weighted by atomic mass is 35.5. The van der Waals surface area contributed by atoms with Gasteiger partial charge in [0.2, 0.25) is 0 Å². The van der Waals surface area contributed by atoms with Gasteiger partial charge in [-0.05, 0) is 39.5 Å². The van der Waals surface area contributed by atoms with Crippen molar-refractivity contribution in [3.8, 4) is 0 Å². The minimum atomic E-state index is 0. The maximum atomic E-state index is 3.59. The Morgan fingerprint density at radius 3 is 2.18 bits per heavy atom. The Hall–Kier alpha value is 0.250. The summed E-state index contributed by atoms with van der Waals surface area (Å²) in [4.78, 5) is 0. The van der Waals surface area contributed by atoms with Gasteiger partial charge in [-0.15, -0.1) is 12.4 Å². The molecule has 1 nitrogen and oxygen atoms in total. The van der Waals surface area contributed by atoms with Gasteiger partial charge in [-0.3, -0.25) is 0 Å². The van der Waals surface area contributed by atoms with Crippen molar-refractivity contribution in [2.24, 2.45) is 5.92 Å². The Balaban J connectivity index is 0.000001000. The Kier molecular flexibility index (Phi) is 3.86. The van der Waals surface area contributed by atoms with Gasteiger partial charge in [0.05, 0.1) is 0 Å². The molecule has 1 rings (SSSR count). The maximum absolute atomic E-state index is 3.59. The fraction of sp³-hybridized carbons (Fsp3) is 1.00. The highest BCUT2D eigenvalue weighted by Crippen LogP contribution is 2.26. The maximum Gasteiger partial charge on any atom is 0.0130 e. The Morgan fingerprint density at radius 2 is 1.82 bits per heavy atom. The summed E-state index contributed by atoms with van der Waals surface area (Å²) in [5.41, 5.74) is 0.372. The Bertz CT molecular complexity index is 111. The van der Waals surface area contributed by atoms with Crippen molar-refractivity contribution in [1.82, 2.24) is 5.32 Å². The summed E-state index contributed by atoms with van der Waals surface area (Å²) in [5.74, 6) is 0.895. The van der Waals surface area contributed by atoms with Crippen LogP contribution in [0.4, 0.5) is 0 Å². The second kappa shape index (κ2) is 3.77. The molecule has 1 fully saturated rings. The third-order valence-electron chi connectivity index (χ3n) is 2.25. The molecule has 68 valence electrons. The quantitative estimate of drug-likeness (QED) is 0.600. The Labute approximate surface area is 76.4 Å². The molecule has 0 saturated carbocycles. The van der Waals surface area contributed by atoms with E-state index in [-0.39, 0.29) is 12.4 Å². The third kappa shape index (κ3) is 3.44. The van der Waals surface area contributed by atoms with E-state index in [2.05, 4.69) is 33.0 Å². The molecule has 1 aliphatic rings. The van der Waals surface area contributed by atoms with E-state index in [4.69, 9.17) is 0 Å². The second-order valence-corrected chi connectivity index (χ2v) is 4.47. The van der Waals surface area contributed by atoms with Crippen molar-refractivity contribution in [1.29, 1.82) is 0 Å². The van der Waals surface area contributed by atoms with Crippen molar-refractivity contribution in [3.05, 3.63) is 0 Å². The number of piperidine rings is 1. The van der Waals surface area contributed by atoms with Gasteiger partial charge in [0, 0.05) is 11.6 Å². The monoisotopic (exact) mass is 177 g/mol. The van der Waals surface area contributed by atoms with E-state index < -0.39 is 0 Å². The molecule has 0 radical (unpaired) electrons. The molecule has 0 aromatic carbocycles. The number of hydrogen-bond donors (Lipinski definition) is 1. The zero-order valence-corrected chi connectivity index (χ0v) is 8.79. The van der Waals surface area contributed by atoms with Crippen LogP contribution in [0, 0.1) is 5.92 Å². The molecule has 1 saturated heterocycles. The average molecular weight is 178 g/mol. The largest absolute Gasteiger partial charge is 0.309 e. The summed E-state index contributed by atoms with van der Waals surface area (Å²) in [5, 5.41) is 3.59. The standard InChI is InChI=1S/C9H19N.ClH/c1-7-5-8(2)10-9(3,4)6-7;/h7-8,10H,5-6H2,1-4H3;1H. The van der Waals surface area contributed by atoms with Crippen LogP contribution in [0.5, 0.6) is 0 Å². The molecule has 0 amide bonds. The van der Waals surface area contributed by atoms with Crippen LogP contribution in [0.1, 0.15) is 40.5 Å². The summed E-state index contributed by atoms with van der Waals surface area (Å²) in [6, 6.07) is 0.707. The van der Waals surface area contributed by atoms with E-state index in [9.17, 15) is 0 Å². The van der Waals surface area contributed by atoms with Crippen LogP contribution in [0.2, 0.25) is 0 Å². The van der Waals surface area contributed by atoms with Crippen LogP contribution in [-0.4, -0.2) is 11.6 Å². The van der Waals surface area contributed by atoms with E-state index >= 15 is 0 Å². The third-order valence-corrected chi connectivity index (χ3v) is 2.25. The summed E-state index contributed by atoms with van der Waals surface area (Å²) in [7, 11) is 0. The van der Waals surface area contributed by atoms with Crippen molar-refractivity contribution in [2.75, 3.05) is 0 Å². The molecule has 1 heterocycles. The molecule has 2 heteroatoms. The predicted molar refractivity (Wildman–Crippen MR) is 52.3 cm³/mol. The molecule has 1 N–H and O–H groups in total. The van der Waals surface area contributed by atoms with Gasteiger partial charge in [0.15, 0.2) is 0 Å². The highest BCUT2D eigenvalue weighted by Gasteiger charge is 2.28. The fourth-order valence-corrected chi connectivity index (χ4v) is 2.34. The van der Waals surface area contributed by atoms with Gasteiger partial charge in [0.1, 0.15) is 0 Å². The summed E-state index contributed by atoms with van der Waals surface area (Å²) >= 11 is 0. The predicted octanol–water partition coefficient (Wildman–Crippen LogP) is 2.59. The topological polar surface area (TPSA) is 12.0 Å². The summed E-state index contributed by atoms with van der Waals surface area (Å²) in [6.07, 6.45) is 2.65. The lowest BCUT2D eigenvalue weighted by Crippen LogP contribution is -2.50. The number of rotatable bonds is 0. The molecule has 11 heavy (non-hydrogen) atoms. The normalized spacial score (nSPS) is 36.0. The van der Waals surface area contributed by atoms with E-state index in [1.165, 1.54) is 12.8 Å². The van der Waals surface area contributed by atoms with Crippen molar-refractivity contribution in [2.45, 2.75) is 52.1 Å². The van der Waals surface area contributed by atoms with Crippen molar-refractivity contribution < 1.29 is 0 Å². The lowest BCUT2D eigenvalue weighted by atomic mass is 9.83. The minimum Gasteiger partial charge on any atom is -0.309 e. The first kappa shape index (κ1) is 11.2. The molecule has 0 bridgehead atoms. The first-order chi connectivity index (χ1) is 4.49. The van der Waals surface area contributed by atoms with E-state index in [0.717, 1.165) is 5.92 Å². The molecule has 0 aliphatic carbocycles. The number of halogens is 1. The van der Waals surface area contributed by atoms with Gasteiger partial charge in [-0.25, -0.2) is 0 Å². The molecule has 0 aromatic rings.